The summed E-state index contributed by atoms with van der Waals surface area (Å²) in [4.78, 5) is 21.4. The van der Waals surface area contributed by atoms with Crippen LogP contribution in [0.2, 0.25) is 0 Å². The predicted molar refractivity (Wildman–Crippen MR) is 113 cm³/mol. The van der Waals surface area contributed by atoms with Crippen LogP contribution in [-0.4, -0.2) is 20.4 Å². The Morgan fingerprint density at radius 3 is 2.50 bits per heavy atom. The lowest BCUT2D eigenvalue weighted by Crippen LogP contribution is -2.18. The second-order valence-corrected chi connectivity index (χ2v) is 7.50. The fourth-order valence-electron chi connectivity index (χ4n) is 3.18. The first-order valence-corrected chi connectivity index (χ1v) is 9.74. The standard InChI is InChI=1S/C22H16N4OS/c27-21(13-26-14-23-17-5-1-3-7-19(17)26)24-16-11-9-15(10-12-16)22-25-18-6-2-4-8-20(18)28-22/h1-12,14H,13H2,(H,24,27). The van der Waals surface area contributed by atoms with Crippen LogP contribution in [0.25, 0.3) is 31.8 Å². The number of para-hydroxylation sites is 3. The number of nitrogens with zero attached hydrogens (tertiary/aromatic N) is 3. The Morgan fingerprint density at radius 1 is 0.929 bits per heavy atom. The Hall–Kier alpha value is -3.51. The number of carbonyl (C=O) groups is 1. The summed E-state index contributed by atoms with van der Waals surface area (Å²) in [6.07, 6.45) is 1.69. The van der Waals surface area contributed by atoms with Crippen molar-refractivity contribution in [2.45, 2.75) is 6.54 Å². The molecule has 0 saturated heterocycles. The molecule has 0 aliphatic rings. The van der Waals surface area contributed by atoms with Crippen LogP contribution in [0.15, 0.2) is 79.1 Å². The maximum Gasteiger partial charge on any atom is 0.244 e. The van der Waals surface area contributed by atoms with E-state index in [1.165, 1.54) is 4.70 Å². The van der Waals surface area contributed by atoms with Crippen LogP contribution >= 0.6 is 11.3 Å². The predicted octanol–water partition coefficient (Wildman–Crippen LogP) is 4.95. The molecule has 2 aromatic heterocycles. The molecule has 3 aromatic carbocycles. The van der Waals surface area contributed by atoms with Gasteiger partial charge in [-0.05, 0) is 48.5 Å². The normalized spacial score (nSPS) is 11.1. The van der Waals surface area contributed by atoms with Gasteiger partial charge in [0.1, 0.15) is 11.6 Å². The highest BCUT2D eigenvalue weighted by Crippen LogP contribution is 2.30. The topological polar surface area (TPSA) is 59.8 Å². The summed E-state index contributed by atoms with van der Waals surface area (Å²) in [5.74, 6) is -0.0871. The summed E-state index contributed by atoms with van der Waals surface area (Å²) in [6, 6.07) is 23.7. The number of rotatable bonds is 4. The molecule has 1 amide bonds. The number of amides is 1. The first kappa shape index (κ1) is 16.6. The van der Waals surface area contributed by atoms with Gasteiger partial charge >= 0.3 is 0 Å². The van der Waals surface area contributed by atoms with Gasteiger partial charge in [0.2, 0.25) is 5.91 Å². The molecule has 0 unspecified atom stereocenters. The van der Waals surface area contributed by atoms with Crippen LogP contribution < -0.4 is 5.32 Å². The number of aromatic nitrogens is 3. The van der Waals surface area contributed by atoms with Crippen LogP contribution in [0.4, 0.5) is 5.69 Å². The van der Waals surface area contributed by atoms with E-state index in [9.17, 15) is 4.79 Å². The lowest BCUT2D eigenvalue weighted by Gasteiger charge is -2.07. The van der Waals surface area contributed by atoms with E-state index < -0.39 is 0 Å². The molecule has 0 spiro atoms. The zero-order chi connectivity index (χ0) is 18.9. The van der Waals surface area contributed by atoms with Gasteiger partial charge in [-0.15, -0.1) is 11.3 Å². The Kier molecular flexibility index (Phi) is 4.10. The van der Waals surface area contributed by atoms with Gasteiger partial charge in [-0.25, -0.2) is 9.97 Å². The molecule has 136 valence electrons. The largest absolute Gasteiger partial charge is 0.325 e. The molecule has 5 aromatic rings. The van der Waals surface area contributed by atoms with Crippen LogP contribution in [-0.2, 0) is 11.3 Å². The van der Waals surface area contributed by atoms with Gasteiger partial charge in [-0.3, -0.25) is 4.79 Å². The molecule has 0 radical (unpaired) electrons. The number of benzene rings is 3. The van der Waals surface area contributed by atoms with Gasteiger partial charge in [-0.2, -0.15) is 0 Å². The first-order valence-electron chi connectivity index (χ1n) is 8.92. The Labute approximate surface area is 165 Å². The zero-order valence-corrected chi connectivity index (χ0v) is 15.7. The fourth-order valence-corrected chi connectivity index (χ4v) is 4.15. The summed E-state index contributed by atoms with van der Waals surface area (Å²) in [6.45, 7) is 0.222. The molecule has 28 heavy (non-hydrogen) atoms. The Morgan fingerprint density at radius 2 is 1.68 bits per heavy atom. The van der Waals surface area contributed by atoms with Gasteiger partial charge in [0.05, 0.1) is 27.6 Å². The van der Waals surface area contributed by atoms with Gasteiger partial charge in [0, 0.05) is 11.3 Å². The third-order valence-electron chi connectivity index (χ3n) is 4.55. The molecule has 2 heterocycles. The summed E-state index contributed by atoms with van der Waals surface area (Å²) in [5, 5.41) is 3.92. The molecule has 0 fully saturated rings. The quantitative estimate of drug-likeness (QED) is 0.477. The highest BCUT2D eigenvalue weighted by molar-refractivity contribution is 7.21. The van der Waals surface area contributed by atoms with E-state index in [0.717, 1.165) is 32.8 Å². The highest BCUT2D eigenvalue weighted by atomic mass is 32.1. The third-order valence-corrected chi connectivity index (χ3v) is 5.64. The maximum atomic E-state index is 12.4. The Balaban J connectivity index is 1.31. The number of thiazole rings is 1. The number of anilines is 1. The van der Waals surface area contributed by atoms with Gasteiger partial charge in [0.15, 0.2) is 0 Å². The van der Waals surface area contributed by atoms with Crippen molar-refractivity contribution in [1.29, 1.82) is 0 Å². The molecule has 5 rings (SSSR count). The van der Waals surface area contributed by atoms with E-state index in [1.807, 2.05) is 71.3 Å². The van der Waals surface area contributed by atoms with E-state index in [0.29, 0.717) is 0 Å². The van der Waals surface area contributed by atoms with E-state index in [2.05, 4.69) is 21.4 Å². The van der Waals surface area contributed by atoms with Crippen LogP contribution in [0.1, 0.15) is 0 Å². The monoisotopic (exact) mass is 384 g/mol. The molecule has 0 aliphatic carbocycles. The molecule has 0 bridgehead atoms. The minimum atomic E-state index is -0.0871. The minimum Gasteiger partial charge on any atom is -0.325 e. The molecule has 5 nitrogen and oxygen atoms in total. The number of imidazole rings is 1. The second-order valence-electron chi connectivity index (χ2n) is 6.47. The number of carbonyl (C=O) groups excluding carboxylic acids is 1. The van der Waals surface area contributed by atoms with Crippen LogP contribution in [0.3, 0.4) is 0 Å². The highest BCUT2D eigenvalue weighted by Gasteiger charge is 2.09. The molecule has 1 N–H and O–H groups in total. The van der Waals surface area contributed by atoms with Crippen molar-refractivity contribution in [3.63, 3.8) is 0 Å². The second kappa shape index (κ2) is 6.90. The number of fused-ring (bicyclic) bond motifs is 2. The molecule has 0 saturated carbocycles. The van der Waals surface area contributed by atoms with Crippen molar-refractivity contribution >= 4 is 44.2 Å². The lowest BCUT2D eigenvalue weighted by molar-refractivity contribution is -0.116. The lowest BCUT2D eigenvalue weighted by atomic mass is 10.2. The van der Waals surface area contributed by atoms with Crippen LogP contribution in [0, 0.1) is 0 Å². The average molecular weight is 384 g/mol. The van der Waals surface area contributed by atoms with E-state index >= 15 is 0 Å². The summed E-state index contributed by atoms with van der Waals surface area (Å²) < 4.78 is 3.02. The molecular weight excluding hydrogens is 368 g/mol. The number of nitrogens with one attached hydrogen (secondary N) is 1. The van der Waals surface area contributed by atoms with Crippen molar-refractivity contribution < 1.29 is 4.79 Å². The fraction of sp³-hybridized carbons (Fsp3) is 0.0455. The van der Waals surface area contributed by atoms with Crippen molar-refractivity contribution in [3.8, 4) is 10.6 Å². The van der Waals surface area contributed by atoms with Crippen molar-refractivity contribution in [3.05, 3.63) is 79.1 Å². The van der Waals surface area contributed by atoms with Gasteiger partial charge < -0.3 is 9.88 Å². The molecule has 6 heteroatoms. The summed E-state index contributed by atoms with van der Waals surface area (Å²) in [5.41, 5.74) is 4.64. The number of hydrogen-bond acceptors (Lipinski definition) is 4. The van der Waals surface area contributed by atoms with Crippen molar-refractivity contribution in [2.24, 2.45) is 0 Å². The van der Waals surface area contributed by atoms with E-state index in [-0.39, 0.29) is 12.5 Å². The molecule has 0 aliphatic heterocycles. The van der Waals surface area contributed by atoms with E-state index in [1.54, 1.807) is 17.7 Å². The van der Waals surface area contributed by atoms with Crippen molar-refractivity contribution in [2.75, 3.05) is 5.32 Å². The van der Waals surface area contributed by atoms with E-state index in [4.69, 9.17) is 0 Å². The third kappa shape index (κ3) is 3.14. The van der Waals surface area contributed by atoms with Crippen molar-refractivity contribution in [1.82, 2.24) is 14.5 Å². The van der Waals surface area contributed by atoms with Gasteiger partial charge in [-0.1, -0.05) is 24.3 Å². The average Bonchev–Trinajstić information content (AvgIpc) is 3.33. The molecule has 0 atom stereocenters. The summed E-state index contributed by atoms with van der Waals surface area (Å²) >= 11 is 1.67. The summed E-state index contributed by atoms with van der Waals surface area (Å²) in [7, 11) is 0. The SMILES string of the molecule is O=C(Cn1cnc2ccccc21)Nc1ccc(-c2nc3ccccc3s2)cc1. The van der Waals surface area contributed by atoms with Gasteiger partial charge in [0.25, 0.3) is 0 Å². The minimum absolute atomic E-state index is 0.0871. The van der Waals surface area contributed by atoms with Crippen LogP contribution in [0.5, 0.6) is 0 Å². The first-order chi connectivity index (χ1) is 13.8. The smallest absolute Gasteiger partial charge is 0.244 e. The maximum absolute atomic E-state index is 12.4. The Bertz CT molecular complexity index is 1250. The zero-order valence-electron chi connectivity index (χ0n) is 14.9. The number of hydrogen-bond donors (Lipinski definition) is 1. The molecular formula is C22H16N4OS.